The van der Waals surface area contributed by atoms with Crippen LogP contribution in [0, 0.1) is 5.92 Å². The topological polar surface area (TPSA) is 152 Å². The molecule has 2 amide bonds. The van der Waals surface area contributed by atoms with E-state index < -0.39 is 9.84 Å². The van der Waals surface area contributed by atoms with E-state index in [1.54, 1.807) is 23.0 Å². The first-order valence-corrected chi connectivity index (χ1v) is 12.7. The summed E-state index contributed by atoms with van der Waals surface area (Å²) in [5.74, 6) is 0.474. The number of hydrogen-bond acceptors (Lipinski definition) is 7. The maximum atomic E-state index is 12.8. The lowest BCUT2D eigenvalue weighted by molar-refractivity contribution is -0.137. The molecule has 2 aliphatic rings. The summed E-state index contributed by atoms with van der Waals surface area (Å²) < 4.78 is 24.9. The van der Waals surface area contributed by atoms with Gasteiger partial charge in [0.2, 0.25) is 11.8 Å². The summed E-state index contributed by atoms with van der Waals surface area (Å²) in [4.78, 5) is 39.0. The zero-order valence-corrected chi connectivity index (χ0v) is 19.2. The first kappa shape index (κ1) is 25.8. The normalized spacial score (nSPS) is 22.8. The van der Waals surface area contributed by atoms with E-state index >= 15 is 0 Å². The summed E-state index contributed by atoms with van der Waals surface area (Å²) in [5, 5.41) is 14.0. The number of carboxylic acid groups (broad SMARTS) is 1. The van der Waals surface area contributed by atoms with E-state index in [1.807, 2.05) is 0 Å². The van der Waals surface area contributed by atoms with Crippen LogP contribution in [-0.4, -0.2) is 82.1 Å². The van der Waals surface area contributed by atoms with Crippen LogP contribution in [0.4, 0.5) is 0 Å². The van der Waals surface area contributed by atoms with E-state index in [2.05, 4.69) is 15.4 Å². The molecule has 2 fully saturated rings. The molecule has 11 nitrogen and oxygen atoms in total. The van der Waals surface area contributed by atoms with Crippen molar-refractivity contribution in [3.8, 4) is 0 Å². The summed E-state index contributed by atoms with van der Waals surface area (Å²) in [6.45, 7) is 0.420. The van der Waals surface area contributed by atoms with Crippen molar-refractivity contribution in [3.05, 3.63) is 12.7 Å². The van der Waals surface area contributed by atoms with Crippen LogP contribution in [0.3, 0.4) is 0 Å². The minimum Gasteiger partial charge on any atom is -0.483 e. The number of sulfone groups is 1. The van der Waals surface area contributed by atoms with Gasteiger partial charge in [-0.1, -0.05) is 0 Å². The van der Waals surface area contributed by atoms with Gasteiger partial charge in [0, 0.05) is 38.0 Å². The van der Waals surface area contributed by atoms with Gasteiger partial charge in [0.05, 0.1) is 11.5 Å². The van der Waals surface area contributed by atoms with Crippen LogP contribution in [0.2, 0.25) is 0 Å². The molecule has 1 aromatic rings. The third kappa shape index (κ3) is 8.21. The van der Waals surface area contributed by atoms with Gasteiger partial charge in [-0.2, -0.15) is 5.10 Å². The highest BCUT2D eigenvalue weighted by atomic mass is 32.2. The maximum Gasteiger partial charge on any atom is 0.290 e. The minimum atomic E-state index is -2.92. The van der Waals surface area contributed by atoms with Crippen LogP contribution in [0.15, 0.2) is 12.7 Å². The standard InChI is InChI=1S/C19H31N5O4S.CH2O2/c1-23(17-8-11-29(27,28)12-9-17)19(26)15-4-6-16(7-5-15)22-18(25)3-2-10-24-14-20-13-21-24;2-1-3/h13-17H,2-12H2,1H3,(H,22,25);1H,(H,2,3). The molecule has 32 heavy (non-hydrogen) atoms. The van der Waals surface area contributed by atoms with E-state index in [0.717, 1.165) is 25.7 Å². The van der Waals surface area contributed by atoms with Crippen LogP contribution in [0.1, 0.15) is 51.4 Å². The molecule has 1 aliphatic carbocycles. The number of aryl methyl sites for hydroxylation is 1. The molecule has 1 aliphatic heterocycles. The second-order valence-corrected chi connectivity index (χ2v) is 10.6. The Morgan fingerprint density at radius 3 is 2.38 bits per heavy atom. The van der Waals surface area contributed by atoms with Gasteiger partial charge >= 0.3 is 0 Å². The average Bonchev–Trinajstić information content (AvgIpc) is 3.27. The number of carbonyl (C=O) groups excluding carboxylic acids is 2. The zero-order valence-electron chi connectivity index (χ0n) is 18.4. The smallest absolute Gasteiger partial charge is 0.290 e. The van der Waals surface area contributed by atoms with Crippen molar-refractivity contribution in [1.82, 2.24) is 25.0 Å². The number of amides is 2. The van der Waals surface area contributed by atoms with Gasteiger partial charge in [-0.3, -0.25) is 19.1 Å². The van der Waals surface area contributed by atoms with Crippen LogP contribution in [-0.2, 0) is 30.8 Å². The lowest BCUT2D eigenvalue weighted by Crippen LogP contribution is -2.46. The van der Waals surface area contributed by atoms with E-state index in [-0.39, 0.29) is 47.8 Å². The molecule has 3 rings (SSSR count). The molecule has 2 N–H and O–H groups in total. The molecule has 0 radical (unpaired) electrons. The van der Waals surface area contributed by atoms with Crippen LogP contribution < -0.4 is 5.32 Å². The van der Waals surface area contributed by atoms with Gasteiger partial charge in [0.25, 0.3) is 6.47 Å². The second kappa shape index (κ2) is 12.5. The molecule has 1 aromatic heterocycles. The zero-order chi connectivity index (χ0) is 23.6. The van der Waals surface area contributed by atoms with Crippen molar-refractivity contribution in [2.24, 2.45) is 5.92 Å². The first-order chi connectivity index (χ1) is 15.3. The van der Waals surface area contributed by atoms with Gasteiger partial charge < -0.3 is 15.3 Å². The predicted molar refractivity (Wildman–Crippen MR) is 116 cm³/mol. The Hall–Kier alpha value is -2.50. The monoisotopic (exact) mass is 471 g/mol. The highest BCUT2D eigenvalue weighted by Gasteiger charge is 2.33. The van der Waals surface area contributed by atoms with Crippen molar-refractivity contribution in [2.45, 2.75) is 70.0 Å². The number of nitrogens with zero attached hydrogens (tertiary/aromatic N) is 4. The van der Waals surface area contributed by atoms with E-state index in [9.17, 15) is 18.0 Å². The fourth-order valence-corrected chi connectivity index (χ4v) is 5.73. The SMILES string of the molecule is CN(C(=O)C1CCC(NC(=O)CCCn2cncn2)CC1)C1CCS(=O)(=O)CC1.O=CO. The number of nitrogens with one attached hydrogen (secondary N) is 1. The molecule has 1 saturated carbocycles. The summed E-state index contributed by atoms with van der Waals surface area (Å²) in [7, 11) is -1.12. The molecular formula is C20H33N5O6S. The molecule has 12 heteroatoms. The molecule has 180 valence electrons. The van der Waals surface area contributed by atoms with Gasteiger partial charge in [-0.05, 0) is 44.9 Å². The van der Waals surface area contributed by atoms with Crippen LogP contribution >= 0.6 is 0 Å². The van der Waals surface area contributed by atoms with Gasteiger partial charge in [-0.15, -0.1) is 0 Å². The summed E-state index contributed by atoms with van der Waals surface area (Å²) in [6, 6.07) is 0.150. The predicted octanol–water partition coefficient (Wildman–Crippen LogP) is 0.470. The number of carbonyl (C=O) groups is 3. The average molecular weight is 472 g/mol. The first-order valence-electron chi connectivity index (χ1n) is 10.9. The third-order valence-electron chi connectivity index (χ3n) is 6.12. The van der Waals surface area contributed by atoms with Gasteiger partial charge in [0.15, 0.2) is 0 Å². The third-order valence-corrected chi connectivity index (χ3v) is 7.83. The van der Waals surface area contributed by atoms with Gasteiger partial charge in [-0.25, -0.2) is 13.4 Å². The lowest BCUT2D eigenvalue weighted by Gasteiger charge is -2.36. The van der Waals surface area contributed by atoms with Crippen molar-refractivity contribution in [2.75, 3.05) is 18.6 Å². The van der Waals surface area contributed by atoms with E-state index in [0.29, 0.717) is 32.2 Å². The lowest BCUT2D eigenvalue weighted by atomic mass is 9.84. The molecule has 0 unspecified atom stereocenters. The Kier molecular flexibility index (Phi) is 10.1. The highest BCUT2D eigenvalue weighted by Crippen LogP contribution is 2.28. The Morgan fingerprint density at radius 1 is 1.19 bits per heavy atom. The molecule has 0 spiro atoms. The molecule has 1 saturated heterocycles. The Morgan fingerprint density at radius 2 is 1.81 bits per heavy atom. The van der Waals surface area contributed by atoms with Gasteiger partial charge in [0.1, 0.15) is 22.5 Å². The van der Waals surface area contributed by atoms with Crippen molar-refractivity contribution >= 4 is 28.1 Å². The Labute approximate surface area is 188 Å². The number of aromatic nitrogens is 3. The summed E-state index contributed by atoms with van der Waals surface area (Å²) >= 11 is 0. The summed E-state index contributed by atoms with van der Waals surface area (Å²) in [6.07, 6.45) is 8.48. The number of hydrogen-bond donors (Lipinski definition) is 2. The van der Waals surface area contributed by atoms with Crippen molar-refractivity contribution in [1.29, 1.82) is 0 Å². The Bertz CT molecular complexity index is 823. The van der Waals surface area contributed by atoms with Crippen molar-refractivity contribution in [3.63, 3.8) is 0 Å². The fraction of sp³-hybridized carbons (Fsp3) is 0.750. The van der Waals surface area contributed by atoms with Crippen LogP contribution in [0.5, 0.6) is 0 Å². The van der Waals surface area contributed by atoms with E-state index in [4.69, 9.17) is 9.90 Å². The minimum absolute atomic E-state index is 0.0217. The molecule has 0 bridgehead atoms. The molecular weight excluding hydrogens is 438 g/mol. The quantitative estimate of drug-likeness (QED) is 0.545. The highest BCUT2D eigenvalue weighted by molar-refractivity contribution is 7.91. The Balaban J connectivity index is 0.00000114. The maximum absolute atomic E-state index is 12.8. The number of rotatable bonds is 7. The summed E-state index contributed by atoms with van der Waals surface area (Å²) in [5.41, 5.74) is 0. The second-order valence-electron chi connectivity index (χ2n) is 8.32. The fourth-order valence-electron chi connectivity index (χ4n) is 4.27. The molecule has 0 aromatic carbocycles. The molecule has 0 atom stereocenters. The molecule has 2 heterocycles. The van der Waals surface area contributed by atoms with Crippen molar-refractivity contribution < 1.29 is 27.9 Å². The van der Waals surface area contributed by atoms with E-state index in [1.165, 1.54) is 6.33 Å². The largest absolute Gasteiger partial charge is 0.483 e. The van der Waals surface area contributed by atoms with Crippen LogP contribution in [0.25, 0.3) is 0 Å².